The van der Waals surface area contributed by atoms with Gasteiger partial charge in [0.15, 0.2) is 0 Å². The molecule has 0 bridgehead atoms. The number of rotatable bonds is 3. The molecule has 0 radical (unpaired) electrons. The number of phenolic OH excluding ortho intramolecular Hbond substituents is 1. The lowest BCUT2D eigenvalue weighted by atomic mass is 10.1. The molecule has 0 fully saturated rings. The van der Waals surface area contributed by atoms with Crippen LogP contribution in [0.2, 0.25) is 0 Å². The molecule has 1 amide bonds. The SMILES string of the molecule is CN(Cc1ccc(O)cc1)C(=O)c1ccc(N)c(Br)c1. The summed E-state index contributed by atoms with van der Waals surface area (Å²) in [5.74, 6) is 0.129. The maximum atomic E-state index is 12.3. The van der Waals surface area contributed by atoms with E-state index in [0.717, 1.165) is 5.56 Å². The minimum atomic E-state index is -0.0845. The minimum Gasteiger partial charge on any atom is -0.508 e. The van der Waals surface area contributed by atoms with Crippen LogP contribution >= 0.6 is 15.9 Å². The van der Waals surface area contributed by atoms with Crippen LogP contribution in [0.25, 0.3) is 0 Å². The van der Waals surface area contributed by atoms with Gasteiger partial charge in [0.05, 0.1) is 0 Å². The van der Waals surface area contributed by atoms with Crippen molar-refractivity contribution in [2.75, 3.05) is 12.8 Å². The van der Waals surface area contributed by atoms with Gasteiger partial charge in [-0.05, 0) is 51.8 Å². The summed E-state index contributed by atoms with van der Waals surface area (Å²) in [6, 6.07) is 11.9. The van der Waals surface area contributed by atoms with Crippen LogP contribution in [0, 0.1) is 0 Å². The van der Waals surface area contributed by atoms with E-state index < -0.39 is 0 Å². The standard InChI is InChI=1S/C15H15BrN2O2/c1-18(9-10-2-5-12(19)6-3-10)15(20)11-4-7-14(17)13(16)8-11/h2-8,19H,9,17H2,1H3. The second-order valence-corrected chi connectivity index (χ2v) is 5.42. The number of hydrogen-bond acceptors (Lipinski definition) is 3. The first kappa shape index (κ1) is 14.4. The number of hydrogen-bond donors (Lipinski definition) is 2. The average molecular weight is 335 g/mol. The van der Waals surface area contributed by atoms with Gasteiger partial charge in [0.25, 0.3) is 5.91 Å². The molecule has 20 heavy (non-hydrogen) atoms. The van der Waals surface area contributed by atoms with E-state index in [9.17, 15) is 9.90 Å². The zero-order valence-corrected chi connectivity index (χ0v) is 12.6. The Morgan fingerprint density at radius 1 is 1.25 bits per heavy atom. The fourth-order valence-electron chi connectivity index (χ4n) is 1.83. The predicted octanol–water partition coefficient (Wildman–Crippen LogP) is 3.01. The Labute approximate surface area is 126 Å². The quantitative estimate of drug-likeness (QED) is 0.848. The highest BCUT2D eigenvalue weighted by atomic mass is 79.9. The van der Waals surface area contributed by atoms with Crippen molar-refractivity contribution in [3.8, 4) is 5.75 Å². The number of amides is 1. The lowest BCUT2D eigenvalue weighted by Gasteiger charge is -2.17. The van der Waals surface area contributed by atoms with Crippen molar-refractivity contribution in [1.29, 1.82) is 0 Å². The van der Waals surface area contributed by atoms with Crippen LogP contribution in [0.4, 0.5) is 5.69 Å². The van der Waals surface area contributed by atoms with Crippen LogP contribution in [-0.4, -0.2) is 23.0 Å². The van der Waals surface area contributed by atoms with E-state index in [1.54, 1.807) is 54.4 Å². The predicted molar refractivity (Wildman–Crippen MR) is 82.5 cm³/mol. The van der Waals surface area contributed by atoms with Crippen LogP contribution in [0.5, 0.6) is 5.75 Å². The van der Waals surface area contributed by atoms with Crippen molar-refractivity contribution in [2.45, 2.75) is 6.54 Å². The van der Waals surface area contributed by atoms with Gasteiger partial charge in [0.1, 0.15) is 5.75 Å². The molecule has 0 saturated heterocycles. The van der Waals surface area contributed by atoms with Crippen molar-refractivity contribution in [1.82, 2.24) is 4.90 Å². The summed E-state index contributed by atoms with van der Waals surface area (Å²) >= 11 is 3.31. The fourth-order valence-corrected chi connectivity index (χ4v) is 2.21. The second kappa shape index (κ2) is 5.96. The number of nitrogen functional groups attached to an aromatic ring is 1. The van der Waals surface area contributed by atoms with Gasteiger partial charge in [-0.15, -0.1) is 0 Å². The van der Waals surface area contributed by atoms with Crippen LogP contribution < -0.4 is 5.73 Å². The van der Waals surface area contributed by atoms with E-state index in [1.165, 1.54) is 0 Å². The number of carbonyl (C=O) groups is 1. The van der Waals surface area contributed by atoms with E-state index in [2.05, 4.69) is 15.9 Å². The first-order valence-electron chi connectivity index (χ1n) is 6.06. The molecular weight excluding hydrogens is 320 g/mol. The molecule has 0 aliphatic rings. The Morgan fingerprint density at radius 2 is 1.90 bits per heavy atom. The van der Waals surface area contributed by atoms with Crippen LogP contribution in [0.1, 0.15) is 15.9 Å². The van der Waals surface area contributed by atoms with Gasteiger partial charge in [-0.2, -0.15) is 0 Å². The first-order valence-corrected chi connectivity index (χ1v) is 6.85. The van der Waals surface area contributed by atoms with Gasteiger partial charge in [0, 0.05) is 29.3 Å². The zero-order chi connectivity index (χ0) is 14.7. The van der Waals surface area contributed by atoms with Gasteiger partial charge in [-0.3, -0.25) is 4.79 Å². The van der Waals surface area contributed by atoms with E-state index in [1.807, 2.05) is 0 Å². The Bertz CT molecular complexity index is 626. The normalized spacial score (nSPS) is 10.3. The highest BCUT2D eigenvalue weighted by Gasteiger charge is 2.13. The molecule has 2 rings (SSSR count). The van der Waals surface area contributed by atoms with Crippen LogP contribution in [0.3, 0.4) is 0 Å². The number of phenols is 1. The molecule has 0 spiro atoms. The number of nitrogens with two attached hydrogens (primary N) is 1. The Kier molecular flexibility index (Phi) is 4.29. The van der Waals surface area contributed by atoms with Gasteiger partial charge >= 0.3 is 0 Å². The Balaban J connectivity index is 2.11. The molecule has 0 aliphatic heterocycles. The highest BCUT2D eigenvalue weighted by Crippen LogP contribution is 2.21. The minimum absolute atomic E-state index is 0.0845. The lowest BCUT2D eigenvalue weighted by Crippen LogP contribution is -2.26. The highest BCUT2D eigenvalue weighted by molar-refractivity contribution is 9.10. The van der Waals surface area contributed by atoms with Crippen molar-refractivity contribution < 1.29 is 9.90 Å². The van der Waals surface area contributed by atoms with Gasteiger partial charge in [0.2, 0.25) is 0 Å². The third-order valence-electron chi connectivity index (χ3n) is 2.95. The fraction of sp³-hybridized carbons (Fsp3) is 0.133. The smallest absolute Gasteiger partial charge is 0.253 e. The molecule has 2 aromatic rings. The van der Waals surface area contributed by atoms with E-state index >= 15 is 0 Å². The number of benzene rings is 2. The number of halogens is 1. The van der Waals surface area contributed by atoms with E-state index in [4.69, 9.17) is 5.73 Å². The topological polar surface area (TPSA) is 66.6 Å². The Hall–Kier alpha value is -2.01. The van der Waals surface area contributed by atoms with Crippen LogP contribution in [-0.2, 0) is 6.54 Å². The zero-order valence-electron chi connectivity index (χ0n) is 11.0. The number of carbonyl (C=O) groups excluding carboxylic acids is 1. The number of anilines is 1. The van der Waals surface area contributed by atoms with Crippen molar-refractivity contribution in [2.24, 2.45) is 0 Å². The average Bonchev–Trinajstić information content (AvgIpc) is 2.43. The summed E-state index contributed by atoms with van der Waals surface area (Å²) in [6.45, 7) is 0.473. The van der Waals surface area contributed by atoms with Gasteiger partial charge in [-0.25, -0.2) is 0 Å². The van der Waals surface area contributed by atoms with E-state index in [-0.39, 0.29) is 11.7 Å². The molecule has 0 saturated carbocycles. The summed E-state index contributed by atoms with van der Waals surface area (Å²) in [5.41, 5.74) is 7.84. The molecule has 0 heterocycles. The summed E-state index contributed by atoms with van der Waals surface area (Å²) in [5, 5.41) is 9.24. The van der Waals surface area contributed by atoms with Crippen molar-refractivity contribution >= 4 is 27.5 Å². The number of nitrogens with zero attached hydrogens (tertiary/aromatic N) is 1. The lowest BCUT2D eigenvalue weighted by molar-refractivity contribution is 0.0785. The molecule has 5 heteroatoms. The van der Waals surface area contributed by atoms with Gasteiger partial charge in [-0.1, -0.05) is 12.1 Å². The maximum absolute atomic E-state index is 12.3. The summed E-state index contributed by atoms with van der Waals surface area (Å²) in [6.07, 6.45) is 0. The molecular formula is C15H15BrN2O2. The summed E-state index contributed by atoms with van der Waals surface area (Å²) in [4.78, 5) is 13.9. The monoisotopic (exact) mass is 334 g/mol. The molecule has 4 nitrogen and oxygen atoms in total. The summed E-state index contributed by atoms with van der Waals surface area (Å²) in [7, 11) is 1.74. The van der Waals surface area contributed by atoms with Crippen molar-refractivity contribution in [3.05, 3.63) is 58.1 Å². The third-order valence-corrected chi connectivity index (χ3v) is 3.64. The van der Waals surface area contributed by atoms with Crippen molar-refractivity contribution in [3.63, 3.8) is 0 Å². The molecule has 0 aliphatic carbocycles. The summed E-state index contributed by atoms with van der Waals surface area (Å²) < 4.78 is 0.710. The molecule has 3 N–H and O–H groups in total. The molecule has 0 unspecified atom stereocenters. The van der Waals surface area contributed by atoms with Gasteiger partial charge < -0.3 is 15.7 Å². The molecule has 0 aromatic heterocycles. The second-order valence-electron chi connectivity index (χ2n) is 4.56. The largest absolute Gasteiger partial charge is 0.508 e. The first-order chi connectivity index (χ1) is 9.47. The van der Waals surface area contributed by atoms with E-state index in [0.29, 0.717) is 22.3 Å². The maximum Gasteiger partial charge on any atom is 0.253 e. The third kappa shape index (κ3) is 3.30. The molecule has 0 atom stereocenters. The Morgan fingerprint density at radius 3 is 2.50 bits per heavy atom. The molecule has 104 valence electrons. The number of aromatic hydroxyl groups is 1. The van der Waals surface area contributed by atoms with Crippen LogP contribution in [0.15, 0.2) is 46.9 Å². The molecule has 2 aromatic carbocycles.